The average molecular weight is 240 g/mol. The van der Waals surface area contributed by atoms with E-state index in [0.717, 1.165) is 19.4 Å². The highest BCUT2D eigenvalue weighted by molar-refractivity contribution is 5.44. The van der Waals surface area contributed by atoms with E-state index in [4.69, 9.17) is 0 Å². The Hall–Kier alpha value is -1.83. The van der Waals surface area contributed by atoms with Crippen LogP contribution in [0.25, 0.3) is 0 Å². The fraction of sp³-hybridized carbons (Fsp3) is 0.312. The number of anilines is 1. The van der Waals surface area contributed by atoms with Crippen LogP contribution in [0.4, 0.5) is 5.69 Å². The van der Waals surface area contributed by atoms with Crippen molar-refractivity contribution < 1.29 is 0 Å². The molecule has 94 valence electrons. The Morgan fingerprint density at radius 2 is 1.83 bits per heavy atom. The van der Waals surface area contributed by atoms with Gasteiger partial charge in [-0.1, -0.05) is 31.5 Å². The molecule has 1 aromatic carbocycles. The van der Waals surface area contributed by atoms with Crippen molar-refractivity contribution in [2.75, 3.05) is 11.9 Å². The summed E-state index contributed by atoms with van der Waals surface area (Å²) in [6.45, 7) is 3.15. The lowest BCUT2D eigenvalue weighted by atomic mass is 10.1. The van der Waals surface area contributed by atoms with Crippen LogP contribution >= 0.6 is 0 Å². The number of rotatable bonds is 6. The molecule has 0 atom stereocenters. The van der Waals surface area contributed by atoms with Crippen molar-refractivity contribution in [1.82, 2.24) is 4.98 Å². The van der Waals surface area contributed by atoms with Crippen LogP contribution in [0.5, 0.6) is 0 Å². The molecule has 0 bridgehead atoms. The van der Waals surface area contributed by atoms with Gasteiger partial charge >= 0.3 is 0 Å². The minimum atomic E-state index is 0.943. The summed E-state index contributed by atoms with van der Waals surface area (Å²) in [6, 6.07) is 12.8. The smallest absolute Gasteiger partial charge is 0.0340 e. The van der Waals surface area contributed by atoms with Gasteiger partial charge in [0.1, 0.15) is 0 Å². The van der Waals surface area contributed by atoms with Crippen LogP contribution in [0, 0.1) is 0 Å². The Labute approximate surface area is 109 Å². The molecule has 2 heteroatoms. The maximum Gasteiger partial charge on any atom is 0.0340 e. The number of hydrogen-bond donors (Lipinski definition) is 1. The first-order chi connectivity index (χ1) is 8.88. The lowest BCUT2D eigenvalue weighted by molar-refractivity contribution is 0.921. The number of pyridine rings is 1. The molecule has 18 heavy (non-hydrogen) atoms. The van der Waals surface area contributed by atoms with E-state index < -0.39 is 0 Å². The number of aryl methyl sites for hydroxylation is 1. The Bertz CT molecular complexity index is 448. The summed E-state index contributed by atoms with van der Waals surface area (Å²) in [6.07, 6.45) is 7.10. The second-order valence-electron chi connectivity index (χ2n) is 4.48. The monoisotopic (exact) mass is 240 g/mol. The SMILES string of the molecule is CCCc1ccc(NCCc2cccnc2)cc1. The van der Waals surface area contributed by atoms with Crippen molar-refractivity contribution >= 4 is 5.69 Å². The van der Waals surface area contributed by atoms with E-state index in [0.29, 0.717) is 0 Å². The molecule has 0 saturated heterocycles. The highest BCUT2D eigenvalue weighted by Crippen LogP contribution is 2.11. The van der Waals surface area contributed by atoms with E-state index in [1.54, 1.807) is 0 Å². The lowest BCUT2D eigenvalue weighted by Crippen LogP contribution is -2.04. The third kappa shape index (κ3) is 3.88. The molecule has 0 aliphatic rings. The molecule has 1 N–H and O–H groups in total. The molecule has 2 rings (SSSR count). The van der Waals surface area contributed by atoms with Crippen molar-refractivity contribution in [3.05, 3.63) is 59.9 Å². The third-order valence-corrected chi connectivity index (χ3v) is 2.96. The predicted octanol–water partition coefficient (Wildman–Crippen LogP) is 3.69. The third-order valence-electron chi connectivity index (χ3n) is 2.96. The Balaban J connectivity index is 1.80. The van der Waals surface area contributed by atoms with E-state index in [-0.39, 0.29) is 0 Å². The van der Waals surface area contributed by atoms with E-state index in [2.05, 4.69) is 47.6 Å². The number of aromatic nitrogens is 1. The predicted molar refractivity (Wildman–Crippen MR) is 76.9 cm³/mol. The lowest BCUT2D eigenvalue weighted by Gasteiger charge is -2.07. The summed E-state index contributed by atoms with van der Waals surface area (Å²) in [5.41, 5.74) is 3.88. The van der Waals surface area contributed by atoms with E-state index in [1.807, 2.05) is 18.5 Å². The van der Waals surface area contributed by atoms with Crippen LogP contribution in [-0.2, 0) is 12.8 Å². The quantitative estimate of drug-likeness (QED) is 0.833. The minimum Gasteiger partial charge on any atom is -0.385 e. The number of benzene rings is 1. The first-order valence-electron chi connectivity index (χ1n) is 6.60. The molecule has 0 aliphatic heterocycles. The van der Waals surface area contributed by atoms with Crippen LogP contribution in [0.1, 0.15) is 24.5 Å². The van der Waals surface area contributed by atoms with Gasteiger partial charge in [0, 0.05) is 24.6 Å². The minimum absolute atomic E-state index is 0.943. The second kappa shape index (κ2) is 6.80. The molecule has 0 radical (unpaired) electrons. The molecule has 1 aromatic heterocycles. The van der Waals surface area contributed by atoms with E-state index >= 15 is 0 Å². The maximum absolute atomic E-state index is 4.11. The van der Waals surface area contributed by atoms with Gasteiger partial charge < -0.3 is 5.32 Å². The van der Waals surface area contributed by atoms with Crippen LogP contribution in [-0.4, -0.2) is 11.5 Å². The molecule has 1 heterocycles. The van der Waals surface area contributed by atoms with Crippen LogP contribution in [0.2, 0.25) is 0 Å². The maximum atomic E-state index is 4.11. The molecule has 0 aliphatic carbocycles. The van der Waals surface area contributed by atoms with Crippen LogP contribution in [0.3, 0.4) is 0 Å². The summed E-state index contributed by atoms with van der Waals surface area (Å²) in [4.78, 5) is 4.11. The molecule has 2 aromatic rings. The topological polar surface area (TPSA) is 24.9 Å². The summed E-state index contributed by atoms with van der Waals surface area (Å²) in [7, 11) is 0. The van der Waals surface area contributed by atoms with E-state index in [9.17, 15) is 0 Å². The van der Waals surface area contributed by atoms with Crippen molar-refractivity contribution in [3.63, 3.8) is 0 Å². The van der Waals surface area contributed by atoms with Crippen molar-refractivity contribution in [3.8, 4) is 0 Å². The molecule has 0 fully saturated rings. The first kappa shape index (κ1) is 12.6. The van der Waals surface area contributed by atoms with Gasteiger partial charge in [-0.2, -0.15) is 0 Å². The van der Waals surface area contributed by atoms with E-state index in [1.165, 1.54) is 23.2 Å². The zero-order valence-electron chi connectivity index (χ0n) is 10.9. The van der Waals surface area contributed by atoms with Gasteiger partial charge in [-0.3, -0.25) is 4.98 Å². The largest absolute Gasteiger partial charge is 0.385 e. The number of nitrogens with zero attached hydrogens (tertiary/aromatic N) is 1. The fourth-order valence-electron chi connectivity index (χ4n) is 1.98. The van der Waals surface area contributed by atoms with Crippen LogP contribution < -0.4 is 5.32 Å². The van der Waals surface area contributed by atoms with Crippen molar-refractivity contribution in [2.45, 2.75) is 26.2 Å². The van der Waals surface area contributed by atoms with Crippen molar-refractivity contribution in [1.29, 1.82) is 0 Å². The average Bonchev–Trinajstić information content (AvgIpc) is 2.42. The first-order valence-corrected chi connectivity index (χ1v) is 6.60. The highest BCUT2D eigenvalue weighted by Gasteiger charge is 1.95. The van der Waals surface area contributed by atoms with Gasteiger partial charge in [-0.25, -0.2) is 0 Å². The number of nitrogens with one attached hydrogen (secondary N) is 1. The van der Waals surface area contributed by atoms with Gasteiger partial charge in [-0.05, 0) is 42.2 Å². The zero-order chi connectivity index (χ0) is 12.6. The Morgan fingerprint density at radius 3 is 2.50 bits per heavy atom. The molecular formula is C16H20N2. The van der Waals surface area contributed by atoms with Crippen LogP contribution in [0.15, 0.2) is 48.8 Å². The highest BCUT2D eigenvalue weighted by atomic mass is 14.9. The number of hydrogen-bond acceptors (Lipinski definition) is 2. The fourth-order valence-corrected chi connectivity index (χ4v) is 1.98. The standard InChI is InChI=1S/C16H20N2/c1-2-4-14-6-8-16(9-7-14)18-12-10-15-5-3-11-17-13-15/h3,5-9,11,13,18H,2,4,10,12H2,1H3. The molecule has 0 saturated carbocycles. The molecule has 2 nitrogen and oxygen atoms in total. The van der Waals surface area contributed by atoms with Gasteiger partial charge in [-0.15, -0.1) is 0 Å². The molecular weight excluding hydrogens is 220 g/mol. The normalized spacial score (nSPS) is 10.3. The molecule has 0 amide bonds. The second-order valence-corrected chi connectivity index (χ2v) is 4.48. The Kier molecular flexibility index (Phi) is 4.77. The summed E-state index contributed by atoms with van der Waals surface area (Å²) < 4.78 is 0. The summed E-state index contributed by atoms with van der Waals surface area (Å²) in [5, 5.41) is 3.43. The van der Waals surface area contributed by atoms with Crippen molar-refractivity contribution in [2.24, 2.45) is 0 Å². The van der Waals surface area contributed by atoms with Gasteiger partial charge in [0.25, 0.3) is 0 Å². The Morgan fingerprint density at radius 1 is 1.00 bits per heavy atom. The molecule has 0 unspecified atom stereocenters. The molecule has 0 spiro atoms. The summed E-state index contributed by atoms with van der Waals surface area (Å²) >= 11 is 0. The summed E-state index contributed by atoms with van der Waals surface area (Å²) in [5.74, 6) is 0. The van der Waals surface area contributed by atoms with Gasteiger partial charge in [0.15, 0.2) is 0 Å². The van der Waals surface area contributed by atoms with Gasteiger partial charge in [0.2, 0.25) is 0 Å². The zero-order valence-corrected chi connectivity index (χ0v) is 10.9. The van der Waals surface area contributed by atoms with Gasteiger partial charge in [0.05, 0.1) is 0 Å².